The van der Waals surface area contributed by atoms with Gasteiger partial charge in [0.1, 0.15) is 29.8 Å². The molecule has 0 saturated carbocycles. The summed E-state index contributed by atoms with van der Waals surface area (Å²) in [4.78, 5) is 18.9. The zero-order valence-electron chi connectivity index (χ0n) is 12.4. The molecule has 2 rings (SSSR count). The standard InChI is InChI=1S/C16H14N4O3/c1-9(2)8-23-13-4-3-10(5-11(13)6-17)15-19-7-12(16(21)22)14(18)20-15/h3-5,7H,1,8H2,2H3,(H,21,22)(H2,18,19,20). The van der Waals surface area contributed by atoms with E-state index in [1.807, 2.05) is 13.0 Å². The van der Waals surface area contributed by atoms with Crippen LogP contribution in [0.5, 0.6) is 5.75 Å². The number of carboxylic acid groups (broad SMARTS) is 1. The molecule has 0 radical (unpaired) electrons. The largest absolute Gasteiger partial charge is 0.488 e. The van der Waals surface area contributed by atoms with Gasteiger partial charge in [0.25, 0.3) is 0 Å². The minimum Gasteiger partial charge on any atom is -0.488 e. The molecule has 1 aromatic heterocycles. The van der Waals surface area contributed by atoms with Gasteiger partial charge in [0.2, 0.25) is 0 Å². The fourth-order valence-corrected chi connectivity index (χ4v) is 1.78. The number of hydrogen-bond acceptors (Lipinski definition) is 6. The lowest BCUT2D eigenvalue weighted by molar-refractivity contribution is 0.0697. The highest BCUT2D eigenvalue weighted by atomic mass is 16.5. The van der Waals surface area contributed by atoms with Crippen LogP contribution in [-0.4, -0.2) is 27.7 Å². The molecule has 1 aromatic carbocycles. The lowest BCUT2D eigenvalue weighted by Crippen LogP contribution is -2.07. The summed E-state index contributed by atoms with van der Waals surface area (Å²) in [5.41, 5.74) is 7.12. The molecule has 2 aromatic rings. The van der Waals surface area contributed by atoms with Crippen LogP contribution in [0.1, 0.15) is 22.8 Å². The van der Waals surface area contributed by atoms with Gasteiger partial charge in [0.15, 0.2) is 5.82 Å². The molecule has 0 aliphatic carbocycles. The minimum absolute atomic E-state index is 0.136. The zero-order chi connectivity index (χ0) is 17.0. The summed E-state index contributed by atoms with van der Waals surface area (Å²) in [5.74, 6) is -0.677. The molecule has 0 aliphatic rings. The van der Waals surface area contributed by atoms with Gasteiger partial charge in [-0.2, -0.15) is 5.26 Å². The van der Waals surface area contributed by atoms with E-state index in [-0.39, 0.29) is 17.2 Å². The SMILES string of the molecule is C=C(C)COc1ccc(-c2ncc(C(=O)O)c(N)n2)cc1C#N. The number of ether oxygens (including phenoxy) is 1. The number of nitrogen functional groups attached to an aromatic ring is 1. The summed E-state index contributed by atoms with van der Waals surface area (Å²) in [7, 11) is 0. The van der Waals surface area contributed by atoms with Crippen LogP contribution < -0.4 is 10.5 Å². The number of rotatable bonds is 5. The van der Waals surface area contributed by atoms with E-state index in [0.29, 0.717) is 23.5 Å². The molecule has 3 N–H and O–H groups in total. The van der Waals surface area contributed by atoms with Crippen molar-refractivity contribution in [2.45, 2.75) is 6.92 Å². The van der Waals surface area contributed by atoms with E-state index < -0.39 is 5.97 Å². The molecule has 0 saturated heterocycles. The van der Waals surface area contributed by atoms with Gasteiger partial charge in [-0.15, -0.1) is 0 Å². The van der Waals surface area contributed by atoms with Gasteiger partial charge in [-0.1, -0.05) is 6.58 Å². The molecule has 0 bridgehead atoms. The highest BCUT2D eigenvalue weighted by Crippen LogP contribution is 2.25. The van der Waals surface area contributed by atoms with Crippen molar-refractivity contribution in [3.63, 3.8) is 0 Å². The van der Waals surface area contributed by atoms with E-state index in [4.69, 9.17) is 15.6 Å². The number of hydrogen-bond donors (Lipinski definition) is 2. The highest BCUT2D eigenvalue weighted by Gasteiger charge is 2.13. The Labute approximate surface area is 132 Å². The number of anilines is 1. The molecule has 0 unspecified atom stereocenters. The average molecular weight is 310 g/mol. The van der Waals surface area contributed by atoms with E-state index in [1.165, 1.54) is 0 Å². The summed E-state index contributed by atoms with van der Waals surface area (Å²) in [5, 5.41) is 18.2. The predicted octanol–water partition coefficient (Wildman–Crippen LogP) is 2.25. The van der Waals surface area contributed by atoms with Gasteiger partial charge >= 0.3 is 5.97 Å². The van der Waals surface area contributed by atoms with Gasteiger partial charge in [-0.3, -0.25) is 0 Å². The number of benzene rings is 1. The quantitative estimate of drug-likeness (QED) is 0.812. The first kappa shape index (κ1) is 16.0. The van der Waals surface area contributed by atoms with Crippen molar-refractivity contribution >= 4 is 11.8 Å². The third-order valence-corrected chi connectivity index (χ3v) is 2.88. The van der Waals surface area contributed by atoms with Gasteiger partial charge in [-0.05, 0) is 30.7 Å². The fourth-order valence-electron chi connectivity index (χ4n) is 1.78. The number of nitrogens with zero attached hydrogens (tertiary/aromatic N) is 3. The van der Waals surface area contributed by atoms with Crippen molar-refractivity contribution in [1.29, 1.82) is 5.26 Å². The summed E-state index contributed by atoms with van der Waals surface area (Å²) in [6.07, 6.45) is 1.14. The number of aromatic nitrogens is 2. The molecular weight excluding hydrogens is 296 g/mol. The third kappa shape index (κ3) is 3.63. The molecule has 0 aliphatic heterocycles. The van der Waals surface area contributed by atoms with Crippen LogP contribution in [0.25, 0.3) is 11.4 Å². The molecule has 23 heavy (non-hydrogen) atoms. The van der Waals surface area contributed by atoms with E-state index in [2.05, 4.69) is 16.5 Å². The van der Waals surface area contributed by atoms with E-state index in [9.17, 15) is 10.1 Å². The second-order valence-corrected chi connectivity index (χ2v) is 4.87. The third-order valence-electron chi connectivity index (χ3n) is 2.88. The van der Waals surface area contributed by atoms with Crippen LogP contribution in [0, 0.1) is 11.3 Å². The van der Waals surface area contributed by atoms with Crippen molar-refractivity contribution in [2.24, 2.45) is 0 Å². The number of carbonyl (C=O) groups is 1. The number of aromatic carboxylic acids is 1. The molecule has 0 fully saturated rings. The molecule has 0 amide bonds. The highest BCUT2D eigenvalue weighted by molar-refractivity contribution is 5.92. The topological polar surface area (TPSA) is 122 Å². The summed E-state index contributed by atoms with van der Waals surface area (Å²) in [6, 6.07) is 6.89. The van der Waals surface area contributed by atoms with Crippen molar-refractivity contribution < 1.29 is 14.6 Å². The van der Waals surface area contributed by atoms with E-state index >= 15 is 0 Å². The zero-order valence-corrected chi connectivity index (χ0v) is 12.4. The first-order valence-corrected chi connectivity index (χ1v) is 6.60. The average Bonchev–Trinajstić information content (AvgIpc) is 2.52. The monoisotopic (exact) mass is 310 g/mol. The molecule has 116 valence electrons. The number of carboxylic acids is 1. The summed E-state index contributed by atoms with van der Waals surface area (Å²) >= 11 is 0. The van der Waals surface area contributed by atoms with Crippen molar-refractivity contribution in [3.8, 4) is 23.2 Å². The molecule has 7 nitrogen and oxygen atoms in total. The van der Waals surface area contributed by atoms with E-state index in [0.717, 1.165) is 11.8 Å². The maximum atomic E-state index is 10.9. The van der Waals surface area contributed by atoms with Gasteiger partial charge in [0, 0.05) is 11.8 Å². The minimum atomic E-state index is -1.20. The van der Waals surface area contributed by atoms with Crippen LogP contribution in [0.2, 0.25) is 0 Å². The van der Waals surface area contributed by atoms with Crippen LogP contribution in [-0.2, 0) is 0 Å². The van der Waals surface area contributed by atoms with Crippen LogP contribution in [0.4, 0.5) is 5.82 Å². The van der Waals surface area contributed by atoms with Crippen molar-refractivity contribution in [1.82, 2.24) is 9.97 Å². The first-order chi connectivity index (χ1) is 10.9. The van der Waals surface area contributed by atoms with Gasteiger partial charge in [-0.25, -0.2) is 14.8 Å². The molecular formula is C16H14N4O3. The fraction of sp³-hybridized carbons (Fsp3) is 0.125. The molecule has 1 heterocycles. The maximum absolute atomic E-state index is 10.9. The molecule has 7 heteroatoms. The van der Waals surface area contributed by atoms with Crippen LogP contribution in [0.3, 0.4) is 0 Å². The Morgan fingerprint density at radius 2 is 2.26 bits per heavy atom. The normalized spacial score (nSPS) is 9.91. The predicted molar refractivity (Wildman–Crippen MR) is 83.9 cm³/mol. The Hall–Kier alpha value is -3.40. The van der Waals surface area contributed by atoms with Crippen molar-refractivity contribution in [2.75, 3.05) is 12.3 Å². The van der Waals surface area contributed by atoms with Crippen LogP contribution >= 0.6 is 0 Å². The smallest absolute Gasteiger partial charge is 0.341 e. The van der Waals surface area contributed by atoms with Crippen molar-refractivity contribution in [3.05, 3.63) is 47.7 Å². The second-order valence-electron chi connectivity index (χ2n) is 4.87. The Balaban J connectivity index is 2.38. The lowest BCUT2D eigenvalue weighted by atomic mass is 10.1. The second kappa shape index (κ2) is 6.58. The first-order valence-electron chi connectivity index (χ1n) is 6.60. The maximum Gasteiger partial charge on any atom is 0.341 e. The number of nitriles is 1. The summed E-state index contributed by atoms with van der Waals surface area (Å²) < 4.78 is 5.49. The van der Waals surface area contributed by atoms with Gasteiger partial charge < -0.3 is 15.6 Å². The Morgan fingerprint density at radius 1 is 1.52 bits per heavy atom. The van der Waals surface area contributed by atoms with Crippen LogP contribution in [0.15, 0.2) is 36.5 Å². The Kier molecular flexibility index (Phi) is 4.57. The number of nitrogens with two attached hydrogens (primary N) is 1. The molecule has 0 atom stereocenters. The van der Waals surface area contributed by atoms with E-state index in [1.54, 1.807) is 18.2 Å². The summed E-state index contributed by atoms with van der Waals surface area (Å²) in [6.45, 7) is 5.86. The van der Waals surface area contributed by atoms with Gasteiger partial charge in [0.05, 0.1) is 5.56 Å². The lowest BCUT2D eigenvalue weighted by Gasteiger charge is -2.09. The molecule has 0 spiro atoms. The Bertz CT molecular complexity index is 825. The Morgan fingerprint density at radius 3 is 2.83 bits per heavy atom.